The van der Waals surface area contributed by atoms with E-state index in [9.17, 15) is 5.11 Å². The van der Waals surface area contributed by atoms with Crippen molar-refractivity contribution in [1.29, 1.82) is 0 Å². The molecule has 2 heterocycles. The van der Waals surface area contributed by atoms with Crippen molar-refractivity contribution in [2.75, 3.05) is 19.7 Å². The minimum atomic E-state index is 0. The zero-order chi connectivity index (χ0) is 9.80. The van der Waals surface area contributed by atoms with Gasteiger partial charge in [-0.05, 0) is 25.1 Å². The normalized spacial score (nSPS) is 19.6. The molecule has 1 unspecified atom stereocenters. The van der Waals surface area contributed by atoms with Crippen LogP contribution in [0.15, 0.2) is 18.3 Å². The van der Waals surface area contributed by atoms with Crippen molar-refractivity contribution in [3.63, 3.8) is 0 Å². The molecule has 0 aliphatic carbocycles. The largest absolute Gasteiger partial charge is 0.503 e. The second-order valence-electron chi connectivity index (χ2n) is 3.50. The molecular formula is C10H15ClN2O2. The van der Waals surface area contributed by atoms with E-state index < -0.39 is 0 Å². The Balaban J connectivity index is 0.00000112. The molecule has 0 aromatic carbocycles. The Morgan fingerprint density at radius 2 is 2.47 bits per heavy atom. The van der Waals surface area contributed by atoms with Gasteiger partial charge in [0.05, 0.1) is 6.61 Å². The molecule has 0 radical (unpaired) electrons. The van der Waals surface area contributed by atoms with E-state index in [2.05, 4.69) is 10.3 Å². The fourth-order valence-corrected chi connectivity index (χ4v) is 1.55. The van der Waals surface area contributed by atoms with Gasteiger partial charge in [-0.25, -0.2) is 4.98 Å². The van der Waals surface area contributed by atoms with Crippen LogP contribution >= 0.6 is 12.4 Å². The van der Waals surface area contributed by atoms with Crippen LogP contribution in [0, 0.1) is 5.92 Å². The second-order valence-corrected chi connectivity index (χ2v) is 3.50. The van der Waals surface area contributed by atoms with Crippen LogP contribution in [-0.2, 0) is 0 Å². The zero-order valence-corrected chi connectivity index (χ0v) is 9.17. The molecule has 84 valence electrons. The summed E-state index contributed by atoms with van der Waals surface area (Å²) in [5.74, 6) is 0.981. The average Bonchev–Trinajstić information content (AvgIpc) is 2.69. The van der Waals surface area contributed by atoms with Gasteiger partial charge in [0.15, 0.2) is 5.75 Å². The molecule has 5 heteroatoms. The van der Waals surface area contributed by atoms with Gasteiger partial charge in [-0.3, -0.25) is 0 Å². The molecule has 0 saturated carbocycles. The molecule has 0 spiro atoms. The van der Waals surface area contributed by atoms with Crippen LogP contribution < -0.4 is 10.1 Å². The minimum absolute atomic E-state index is 0. The van der Waals surface area contributed by atoms with E-state index in [1.54, 1.807) is 18.3 Å². The molecule has 4 nitrogen and oxygen atoms in total. The molecule has 0 bridgehead atoms. The van der Waals surface area contributed by atoms with Gasteiger partial charge in [0, 0.05) is 18.7 Å². The monoisotopic (exact) mass is 230 g/mol. The lowest BCUT2D eigenvalue weighted by atomic mass is 10.1. The van der Waals surface area contributed by atoms with Crippen molar-refractivity contribution in [2.24, 2.45) is 5.92 Å². The number of halogens is 1. The van der Waals surface area contributed by atoms with E-state index in [4.69, 9.17) is 4.74 Å². The van der Waals surface area contributed by atoms with Gasteiger partial charge in [-0.1, -0.05) is 0 Å². The van der Waals surface area contributed by atoms with Gasteiger partial charge in [0.2, 0.25) is 0 Å². The van der Waals surface area contributed by atoms with Crippen LogP contribution in [0.5, 0.6) is 11.6 Å². The second kappa shape index (κ2) is 5.78. The fourth-order valence-electron chi connectivity index (χ4n) is 1.55. The van der Waals surface area contributed by atoms with Crippen molar-refractivity contribution in [2.45, 2.75) is 6.42 Å². The molecule has 1 saturated heterocycles. The number of nitrogens with one attached hydrogen (secondary N) is 1. The highest BCUT2D eigenvalue weighted by molar-refractivity contribution is 5.85. The number of hydrogen-bond donors (Lipinski definition) is 2. The predicted octanol–water partition coefficient (Wildman–Crippen LogP) is 1.20. The summed E-state index contributed by atoms with van der Waals surface area (Å²) in [4.78, 5) is 3.95. The highest BCUT2D eigenvalue weighted by Gasteiger charge is 2.15. The standard InChI is InChI=1S/C10H14N2O2.ClH/c13-9-2-1-4-12-10(9)14-7-8-3-5-11-6-8;/h1-2,4,8,11,13H,3,5-7H2;1H. The fraction of sp³-hybridized carbons (Fsp3) is 0.500. The molecule has 15 heavy (non-hydrogen) atoms. The van der Waals surface area contributed by atoms with Gasteiger partial charge < -0.3 is 15.2 Å². The van der Waals surface area contributed by atoms with Crippen molar-refractivity contribution < 1.29 is 9.84 Å². The predicted molar refractivity (Wildman–Crippen MR) is 59.6 cm³/mol. The third-order valence-corrected chi connectivity index (χ3v) is 2.37. The van der Waals surface area contributed by atoms with E-state index in [1.807, 2.05) is 0 Å². The molecule has 1 aliphatic heterocycles. The van der Waals surface area contributed by atoms with E-state index >= 15 is 0 Å². The van der Waals surface area contributed by atoms with Gasteiger partial charge in [0.1, 0.15) is 0 Å². The number of hydrogen-bond acceptors (Lipinski definition) is 4. The maximum absolute atomic E-state index is 9.38. The number of rotatable bonds is 3. The summed E-state index contributed by atoms with van der Waals surface area (Å²) in [6.45, 7) is 2.67. The van der Waals surface area contributed by atoms with Crippen molar-refractivity contribution in [3.05, 3.63) is 18.3 Å². The Bertz CT molecular complexity index is 303. The van der Waals surface area contributed by atoms with Gasteiger partial charge >= 0.3 is 0 Å². The maximum Gasteiger partial charge on any atom is 0.256 e. The third-order valence-electron chi connectivity index (χ3n) is 2.37. The number of aromatic nitrogens is 1. The first kappa shape index (κ1) is 12.1. The van der Waals surface area contributed by atoms with Crippen LogP contribution in [0.2, 0.25) is 0 Å². The van der Waals surface area contributed by atoms with Gasteiger partial charge in [0.25, 0.3) is 5.88 Å². The summed E-state index contributed by atoms with van der Waals surface area (Å²) in [7, 11) is 0. The summed E-state index contributed by atoms with van der Waals surface area (Å²) in [5, 5.41) is 12.6. The summed E-state index contributed by atoms with van der Waals surface area (Å²) >= 11 is 0. The minimum Gasteiger partial charge on any atom is -0.503 e. The molecule has 1 fully saturated rings. The van der Waals surface area contributed by atoms with Crippen LogP contribution in [-0.4, -0.2) is 29.8 Å². The Labute approximate surface area is 95.1 Å². The smallest absolute Gasteiger partial charge is 0.256 e. The molecule has 0 amide bonds. The topological polar surface area (TPSA) is 54.4 Å². The van der Waals surface area contributed by atoms with E-state index in [0.717, 1.165) is 19.5 Å². The Kier molecular flexibility index (Phi) is 4.65. The quantitative estimate of drug-likeness (QED) is 0.819. The zero-order valence-electron chi connectivity index (χ0n) is 8.35. The Morgan fingerprint density at radius 3 is 3.13 bits per heavy atom. The molecule has 2 rings (SSSR count). The summed E-state index contributed by atoms with van der Waals surface area (Å²) in [6.07, 6.45) is 2.75. The van der Waals surface area contributed by atoms with E-state index in [1.165, 1.54) is 0 Å². The molecule has 2 N–H and O–H groups in total. The van der Waals surface area contributed by atoms with Crippen molar-refractivity contribution in [3.8, 4) is 11.6 Å². The lowest BCUT2D eigenvalue weighted by Gasteiger charge is -2.10. The summed E-state index contributed by atoms with van der Waals surface area (Å²) in [5.41, 5.74) is 0. The van der Waals surface area contributed by atoms with Crippen LogP contribution in [0.25, 0.3) is 0 Å². The average molecular weight is 231 g/mol. The lowest BCUT2D eigenvalue weighted by molar-refractivity contribution is 0.240. The van der Waals surface area contributed by atoms with E-state index in [0.29, 0.717) is 18.4 Å². The lowest BCUT2D eigenvalue weighted by Crippen LogP contribution is -2.15. The van der Waals surface area contributed by atoms with Crippen molar-refractivity contribution in [1.82, 2.24) is 10.3 Å². The molecule has 1 aromatic heterocycles. The summed E-state index contributed by atoms with van der Waals surface area (Å²) < 4.78 is 5.42. The molecule has 1 aromatic rings. The molecule has 1 aliphatic rings. The highest BCUT2D eigenvalue weighted by atomic mass is 35.5. The SMILES string of the molecule is Cl.Oc1cccnc1OCC1CCNC1. The number of aromatic hydroxyl groups is 1. The van der Waals surface area contributed by atoms with Gasteiger partial charge in [-0.2, -0.15) is 0 Å². The van der Waals surface area contributed by atoms with E-state index in [-0.39, 0.29) is 18.2 Å². The highest BCUT2D eigenvalue weighted by Crippen LogP contribution is 2.22. The first-order valence-electron chi connectivity index (χ1n) is 4.84. The Morgan fingerprint density at radius 1 is 1.60 bits per heavy atom. The van der Waals surface area contributed by atoms with Crippen LogP contribution in [0.1, 0.15) is 6.42 Å². The first-order valence-corrected chi connectivity index (χ1v) is 4.84. The number of pyridine rings is 1. The third kappa shape index (κ3) is 3.25. The molecule has 1 atom stereocenters. The number of nitrogens with zero attached hydrogens (tertiary/aromatic N) is 1. The van der Waals surface area contributed by atoms with Crippen LogP contribution in [0.4, 0.5) is 0 Å². The Hall–Kier alpha value is -1.00. The van der Waals surface area contributed by atoms with Gasteiger partial charge in [-0.15, -0.1) is 12.4 Å². The molecular weight excluding hydrogens is 216 g/mol. The van der Waals surface area contributed by atoms with Crippen LogP contribution in [0.3, 0.4) is 0 Å². The number of ether oxygens (including phenoxy) is 1. The maximum atomic E-state index is 9.38. The summed E-state index contributed by atoms with van der Waals surface area (Å²) in [6, 6.07) is 3.26. The first-order chi connectivity index (χ1) is 6.86. The van der Waals surface area contributed by atoms with Crippen molar-refractivity contribution >= 4 is 12.4 Å².